The molecule has 0 aliphatic heterocycles. The second-order valence-corrected chi connectivity index (χ2v) is 6.75. The summed E-state index contributed by atoms with van der Waals surface area (Å²) in [6.45, 7) is 1.66. The molecule has 28 heavy (non-hydrogen) atoms. The zero-order valence-corrected chi connectivity index (χ0v) is 15.8. The van der Waals surface area contributed by atoms with E-state index in [1.54, 1.807) is 36.7 Å². The number of methoxy groups -OCH3 is 1. The maximum atomic E-state index is 12.5. The number of carbonyl (C=O) groups is 2. The van der Waals surface area contributed by atoms with Crippen LogP contribution < -0.4 is 5.32 Å². The number of carbonyl (C=O) groups excluding carboxylic acids is 2. The lowest BCUT2D eigenvalue weighted by Gasteiger charge is -2.10. The number of H-pyrrole nitrogens is 1. The number of aromatic amines is 1. The summed E-state index contributed by atoms with van der Waals surface area (Å²) < 4.78 is 4.65. The van der Waals surface area contributed by atoms with Crippen molar-refractivity contribution in [3.8, 4) is 11.3 Å². The van der Waals surface area contributed by atoms with Gasteiger partial charge in [0.2, 0.25) is 5.91 Å². The van der Waals surface area contributed by atoms with Crippen LogP contribution in [-0.2, 0) is 9.53 Å². The van der Waals surface area contributed by atoms with Gasteiger partial charge in [0, 0.05) is 29.3 Å². The summed E-state index contributed by atoms with van der Waals surface area (Å²) in [5, 5.41) is 15.8. The maximum absolute atomic E-state index is 12.5. The highest BCUT2D eigenvalue weighted by molar-refractivity contribution is 7.14. The van der Waals surface area contributed by atoms with E-state index in [9.17, 15) is 19.7 Å². The van der Waals surface area contributed by atoms with Crippen LogP contribution in [0.15, 0.2) is 41.9 Å². The normalized spacial score (nSPS) is 11.6. The van der Waals surface area contributed by atoms with Gasteiger partial charge >= 0.3 is 5.97 Å². The van der Waals surface area contributed by atoms with Gasteiger partial charge in [0.25, 0.3) is 5.69 Å². The minimum Gasteiger partial charge on any atom is -0.464 e. The van der Waals surface area contributed by atoms with Crippen molar-refractivity contribution >= 4 is 34.0 Å². The number of ether oxygens (including phenoxy) is 1. The molecule has 2 heterocycles. The SMILES string of the molecule is COC(=O)c1cc(-c2csc(NC(=O)C(C)c3cccc([N+](=O)[O-])c3)n2)c[nH]1. The fourth-order valence-electron chi connectivity index (χ4n) is 2.51. The first-order chi connectivity index (χ1) is 13.4. The van der Waals surface area contributed by atoms with E-state index in [1.165, 1.54) is 30.6 Å². The lowest BCUT2D eigenvalue weighted by atomic mass is 10.00. The number of rotatable bonds is 6. The number of nitrogens with zero attached hydrogens (tertiary/aromatic N) is 2. The number of nitro benzene ring substituents is 1. The minimum absolute atomic E-state index is 0.0671. The van der Waals surface area contributed by atoms with Gasteiger partial charge in [-0.1, -0.05) is 12.1 Å². The highest BCUT2D eigenvalue weighted by atomic mass is 32.1. The number of nitro groups is 1. The highest BCUT2D eigenvalue weighted by Gasteiger charge is 2.19. The molecule has 1 aromatic carbocycles. The molecule has 3 aromatic rings. The van der Waals surface area contributed by atoms with E-state index in [0.717, 1.165) is 0 Å². The number of amides is 1. The van der Waals surface area contributed by atoms with Crippen LogP contribution in [0.1, 0.15) is 28.9 Å². The Labute approximate surface area is 163 Å². The molecule has 0 aliphatic rings. The van der Waals surface area contributed by atoms with Crippen LogP contribution in [0.25, 0.3) is 11.3 Å². The second-order valence-electron chi connectivity index (χ2n) is 5.89. The molecule has 0 saturated carbocycles. The second kappa shape index (κ2) is 8.01. The van der Waals surface area contributed by atoms with Gasteiger partial charge in [-0.2, -0.15) is 0 Å². The van der Waals surface area contributed by atoms with Crippen molar-refractivity contribution in [2.24, 2.45) is 0 Å². The van der Waals surface area contributed by atoms with Crippen molar-refractivity contribution in [1.82, 2.24) is 9.97 Å². The number of hydrogen-bond donors (Lipinski definition) is 2. The fourth-order valence-corrected chi connectivity index (χ4v) is 3.23. The number of benzene rings is 1. The van der Waals surface area contributed by atoms with E-state index in [2.05, 4.69) is 20.0 Å². The number of non-ortho nitro benzene ring substituents is 1. The first-order valence-electron chi connectivity index (χ1n) is 8.17. The zero-order chi connectivity index (χ0) is 20.3. The van der Waals surface area contributed by atoms with E-state index in [-0.39, 0.29) is 11.6 Å². The van der Waals surface area contributed by atoms with Crippen molar-refractivity contribution in [2.75, 3.05) is 12.4 Å². The molecule has 2 N–H and O–H groups in total. The third-order valence-electron chi connectivity index (χ3n) is 4.09. The van der Waals surface area contributed by atoms with Crippen molar-refractivity contribution in [1.29, 1.82) is 0 Å². The Morgan fingerprint density at radius 2 is 2.14 bits per heavy atom. The van der Waals surface area contributed by atoms with Crippen LogP contribution in [0.5, 0.6) is 0 Å². The third-order valence-corrected chi connectivity index (χ3v) is 4.85. The number of aromatic nitrogens is 2. The lowest BCUT2D eigenvalue weighted by Crippen LogP contribution is -2.18. The highest BCUT2D eigenvalue weighted by Crippen LogP contribution is 2.27. The lowest BCUT2D eigenvalue weighted by molar-refractivity contribution is -0.384. The van der Waals surface area contributed by atoms with Crippen molar-refractivity contribution in [3.63, 3.8) is 0 Å². The topological polar surface area (TPSA) is 127 Å². The van der Waals surface area contributed by atoms with E-state index in [4.69, 9.17) is 0 Å². The Balaban J connectivity index is 1.71. The average Bonchev–Trinajstić information content (AvgIpc) is 3.36. The van der Waals surface area contributed by atoms with Gasteiger partial charge in [-0.25, -0.2) is 9.78 Å². The van der Waals surface area contributed by atoms with Gasteiger partial charge in [0.1, 0.15) is 5.69 Å². The fraction of sp³-hybridized carbons (Fsp3) is 0.167. The van der Waals surface area contributed by atoms with Crippen molar-refractivity contribution in [3.05, 3.63) is 63.3 Å². The summed E-state index contributed by atoms with van der Waals surface area (Å²) in [6, 6.07) is 7.58. The summed E-state index contributed by atoms with van der Waals surface area (Å²) >= 11 is 1.24. The molecular formula is C18H16N4O5S. The molecular weight excluding hydrogens is 384 g/mol. The number of hydrogen-bond acceptors (Lipinski definition) is 7. The molecule has 2 aromatic heterocycles. The molecule has 1 atom stereocenters. The molecule has 9 nitrogen and oxygen atoms in total. The zero-order valence-electron chi connectivity index (χ0n) is 15.0. The summed E-state index contributed by atoms with van der Waals surface area (Å²) in [5.41, 5.74) is 2.05. The van der Waals surface area contributed by atoms with E-state index < -0.39 is 16.8 Å². The van der Waals surface area contributed by atoms with Crippen molar-refractivity contribution in [2.45, 2.75) is 12.8 Å². The van der Waals surface area contributed by atoms with Gasteiger partial charge in [0.15, 0.2) is 5.13 Å². The van der Waals surface area contributed by atoms with E-state index in [0.29, 0.717) is 27.6 Å². The summed E-state index contributed by atoms with van der Waals surface area (Å²) in [6.07, 6.45) is 1.62. The predicted molar refractivity (Wildman–Crippen MR) is 103 cm³/mol. The van der Waals surface area contributed by atoms with Crippen LogP contribution in [0.4, 0.5) is 10.8 Å². The summed E-state index contributed by atoms with van der Waals surface area (Å²) in [7, 11) is 1.29. The van der Waals surface area contributed by atoms with Crippen LogP contribution in [0.3, 0.4) is 0 Å². The Morgan fingerprint density at radius 1 is 1.36 bits per heavy atom. The molecule has 0 radical (unpaired) electrons. The minimum atomic E-state index is -0.592. The Hall–Kier alpha value is -3.53. The molecule has 1 amide bonds. The molecule has 144 valence electrons. The molecule has 0 aliphatic carbocycles. The quantitative estimate of drug-likeness (QED) is 0.370. The predicted octanol–water partition coefficient (Wildman–Crippen LogP) is 3.58. The van der Waals surface area contributed by atoms with E-state index in [1.807, 2.05) is 0 Å². The van der Waals surface area contributed by atoms with Gasteiger partial charge in [-0.05, 0) is 18.6 Å². The molecule has 0 spiro atoms. The monoisotopic (exact) mass is 400 g/mol. The van der Waals surface area contributed by atoms with Crippen molar-refractivity contribution < 1.29 is 19.2 Å². The largest absolute Gasteiger partial charge is 0.464 e. The molecule has 0 fully saturated rings. The summed E-state index contributed by atoms with van der Waals surface area (Å²) in [4.78, 5) is 41.6. The molecule has 1 unspecified atom stereocenters. The van der Waals surface area contributed by atoms with Gasteiger partial charge in [-0.3, -0.25) is 14.9 Å². The molecule has 3 rings (SSSR count). The number of thiazole rings is 1. The standard InChI is InChI=1S/C18H16N4O5S/c1-10(11-4-3-5-13(6-11)22(25)26)16(23)21-18-20-15(9-28-18)12-7-14(19-8-12)17(24)27-2/h3-10,19H,1-2H3,(H,20,21,23). The summed E-state index contributed by atoms with van der Waals surface area (Å²) in [5.74, 6) is -1.41. The molecule has 10 heteroatoms. The first-order valence-corrected chi connectivity index (χ1v) is 9.05. The molecule has 0 bridgehead atoms. The maximum Gasteiger partial charge on any atom is 0.354 e. The van der Waals surface area contributed by atoms with Gasteiger partial charge < -0.3 is 15.0 Å². The third kappa shape index (κ3) is 4.07. The van der Waals surface area contributed by atoms with E-state index >= 15 is 0 Å². The number of anilines is 1. The van der Waals surface area contributed by atoms with Crippen LogP contribution in [-0.4, -0.2) is 33.9 Å². The van der Waals surface area contributed by atoms with Crippen LogP contribution in [0, 0.1) is 10.1 Å². The average molecular weight is 400 g/mol. The Kier molecular flexibility index (Phi) is 5.50. The first kappa shape index (κ1) is 19.2. The van der Waals surface area contributed by atoms with Gasteiger partial charge in [0.05, 0.1) is 23.6 Å². The molecule has 0 saturated heterocycles. The Morgan fingerprint density at radius 3 is 2.86 bits per heavy atom. The smallest absolute Gasteiger partial charge is 0.354 e. The number of esters is 1. The van der Waals surface area contributed by atoms with Crippen LogP contribution in [0.2, 0.25) is 0 Å². The van der Waals surface area contributed by atoms with Gasteiger partial charge in [-0.15, -0.1) is 11.3 Å². The van der Waals surface area contributed by atoms with Crippen LogP contribution >= 0.6 is 11.3 Å². The Bertz CT molecular complexity index is 1040. The number of nitrogens with one attached hydrogen (secondary N) is 2.